The molecule has 0 unspecified atom stereocenters. The SMILES string of the molecule is CC(=O)C1=C(N=C(C)C)CCN(Cc2ccc(C(F)(F)F)cc2)C1.CC(c1ccccc1)c1ccccc1. The maximum atomic E-state index is 12.6. The zero-order valence-corrected chi connectivity index (χ0v) is 22.4. The number of ketones is 1. The molecule has 0 atom stereocenters. The van der Waals surface area contributed by atoms with Gasteiger partial charge in [-0.15, -0.1) is 0 Å². The number of aliphatic imine (C=N–C) groups is 1. The fourth-order valence-electron chi connectivity index (χ4n) is 4.38. The molecule has 0 aromatic heterocycles. The molecular weight excluding hydrogens is 485 g/mol. The van der Waals surface area contributed by atoms with Crippen LogP contribution in [0.1, 0.15) is 62.3 Å². The summed E-state index contributed by atoms with van der Waals surface area (Å²) in [5.41, 5.74) is 5.31. The third-order valence-electron chi connectivity index (χ3n) is 6.47. The van der Waals surface area contributed by atoms with Crippen molar-refractivity contribution < 1.29 is 18.0 Å². The summed E-state index contributed by atoms with van der Waals surface area (Å²) in [7, 11) is 0. The highest BCUT2D eigenvalue weighted by molar-refractivity contribution is 5.95. The molecule has 1 heterocycles. The Morgan fingerprint density at radius 1 is 0.868 bits per heavy atom. The molecule has 38 heavy (non-hydrogen) atoms. The molecule has 3 nitrogen and oxygen atoms in total. The number of benzene rings is 3. The van der Waals surface area contributed by atoms with Gasteiger partial charge in [-0.05, 0) is 49.6 Å². The molecule has 0 aliphatic carbocycles. The molecule has 3 aromatic rings. The normalized spacial score (nSPS) is 14.1. The lowest BCUT2D eigenvalue weighted by Crippen LogP contribution is -2.33. The highest BCUT2D eigenvalue weighted by atomic mass is 19.4. The van der Waals surface area contributed by atoms with Crippen LogP contribution in [0.3, 0.4) is 0 Å². The minimum absolute atomic E-state index is 0.00730. The van der Waals surface area contributed by atoms with Crippen LogP contribution in [0.15, 0.2) is 101 Å². The predicted molar refractivity (Wildman–Crippen MR) is 148 cm³/mol. The van der Waals surface area contributed by atoms with E-state index in [1.54, 1.807) is 0 Å². The van der Waals surface area contributed by atoms with E-state index >= 15 is 0 Å². The number of hydrogen-bond donors (Lipinski definition) is 0. The number of carbonyl (C=O) groups is 1. The van der Waals surface area contributed by atoms with Crippen molar-refractivity contribution in [2.24, 2.45) is 4.99 Å². The molecule has 0 N–H and O–H groups in total. The molecule has 0 saturated heterocycles. The Bertz CT molecular complexity index is 1200. The number of nitrogens with zero attached hydrogens (tertiary/aromatic N) is 2. The highest BCUT2D eigenvalue weighted by Gasteiger charge is 2.30. The first kappa shape index (κ1) is 29.1. The van der Waals surface area contributed by atoms with Crippen molar-refractivity contribution in [2.75, 3.05) is 13.1 Å². The molecule has 1 aliphatic rings. The third kappa shape index (κ3) is 8.52. The number of carbonyl (C=O) groups excluding carboxylic acids is 1. The molecule has 0 fully saturated rings. The van der Waals surface area contributed by atoms with Crippen molar-refractivity contribution in [2.45, 2.75) is 52.8 Å². The Balaban J connectivity index is 0.000000241. The zero-order chi connectivity index (χ0) is 27.7. The largest absolute Gasteiger partial charge is 0.416 e. The van der Waals surface area contributed by atoms with Gasteiger partial charge in [0, 0.05) is 49.0 Å². The molecule has 0 radical (unpaired) electrons. The Hall–Kier alpha value is -3.51. The molecule has 3 aromatic carbocycles. The van der Waals surface area contributed by atoms with Crippen LogP contribution in [0, 0.1) is 0 Å². The molecule has 0 bridgehead atoms. The average molecular weight is 521 g/mol. The van der Waals surface area contributed by atoms with E-state index in [0.717, 1.165) is 35.6 Å². The van der Waals surface area contributed by atoms with E-state index in [1.807, 2.05) is 13.8 Å². The van der Waals surface area contributed by atoms with Crippen LogP contribution in [0.5, 0.6) is 0 Å². The van der Waals surface area contributed by atoms with Gasteiger partial charge in [0.05, 0.1) is 5.56 Å². The summed E-state index contributed by atoms with van der Waals surface area (Å²) in [6.07, 6.45) is -3.65. The predicted octanol–water partition coefficient (Wildman–Crippen LogP) is 8.07. The fraction of sp³-hybridized carbons (Fsp3) is 0.312. The lowest BCUT2D eigenvalue weighted by molar-refractivity contribution is -0.137. The fourth-order valence-corrected chi connectivity index (χ4v) is 4.38. The smallest absolute Gasteiger partial charge is 0.295 e. The van der Waals surface area contributed by atoms with Crippen molar-refractivity contribution in [3.63, 3.8) is 0 Å². The number of alkyl halides is 3. The van der Waals surface area contributed by atoms with E-state index in [9.17, 15) is 18.0 Å². The van der Waals surface area contributed by atoms with Crippen LogP contribution in [-0.2, 0) is 17.5 Å². The van der Waals surface area contributed by atoms with Crippen molar-refractivity contribution in [3.05, 3.63) is 118 Å². The maximum absolute atomic E-state index is 12.6. The first-order valence-electron chi connectivity index (χ1n) is 12.8. The molecule has 0 saturated carbocycles. The van der Waals surface area contributed by atoms with Gasteiger partial charge in [0.15, 0.2) is 5.78 Å². The number of Topliss-reactive ketones (excluding diaryl/α,β-unsaturated/α-hetero) is 1. The van der Waals surface area contributed by atoms with Gasteiger partial charge < -0.3 is 0 Å². The molecule has 1 aliphatic heterocycles. The van der Waals surface area contributed by atoms with E-state index in [-0.39, 0.29) is 5.78 Å². The van der Waals surface area contributed by atoms with Gasteiger partial charge in [-0.1, -0.05) is 79.7 Å². The maximum Gasteiger partial charge on any atom is 0.416 e. The Kier molecular flexibility index (Phi) is 10.2. The van der Waals surface area contributed by atoms with Crippen LogP contribution in [-0.4, -0.2) is 29.5 Å². The summed E-state index contributed by atoms with van der Waals surface area (Å²) in [6, 6.07) is 26.4. The monoisotopic (exact) mass is 520 g/mol. The second-order valence-corrected chi connectivity index (χ2v) is 9.74. The molecule has 0 amide bonds. The van der Waals surface area contributed by atoms with E-state index in [1.165, 1.54) is 30.2 Å². The summed E-state index contributed by atoms with van der Waals surface area (Å²) >= 11 is 0. The Morgan fingerprint density at radius 3 is 1.84 bits per heavy atom. The van der Waals surface area contributed by atoms with Gasteiger partial charge in [0.2, 0.25) is 0 Å². The molecule has 200 valence electrons. The summed E-state index contributed by atoms with van der Waals surface area (Å²) in [6.45, 7) is 9.25. The van der Waals surface area contributed by atoms with Crippen LogP contribution in [0.25, 0.3) is 0 Å². The molecule has 4 rings (SSSR count). The molecule has 6 heteroatoms. The highest BCUT2D eigenvalue weighted by Crippen LogP contribution is 2.29. The van der Waals surface area contributed by atoms with Gasteiger partial charge in [-0.25, -0.2) is 0 Å². The lowest BCUT2D eigenvalue weighted by Gasteiger charge is -2.28. The van der Waals surface area contributed by atoms with Crippen molar-refractivity contribution in [3.8, 4) is 0 Å². The quantitative estimate of drug-likeness (QED) is 0.308. The summed E-state index contributed by atoms with van der Waals surface area (Å²) in [4.78, 5) is 18.4. The van der Waals surface area contributed by atoms with Crippen molar-refractivity contribution in [1.82, 2.24) is 4.90 Å². The number of rotatable bonds is 6. The second-order valence-electron chi connectivity index (χ2n) is 9.74. The van der Waals surface area contributed by atoms with Gasteiger partial charge >= 0.3 is 6.18 Å². The standard InChI is InChI=1S/C18H21F3N2O.C14H14/c1-12(2)22-17-8-9-23(11-16(17)13(3)24)10-14-4-6-15(7-5-14)18(19,20)21;1-12(13-8-4-2-5-9-13)14-10-6-3-7-11-14/h4-7H,8-11H2,1-3H3;2-12H,1H3. The molecule has 0 spiro atoms. The summed E-state index contributed by atoms with van der Waals surface area (Å²) in [5.74, 6) is 0.476. The van der Waals surface area contributed by atoms with E-state index in [0.29, 0.717) is 31.0 Å². The second kappa shape index (κ2) is 13.3. The van der Waals surface area contributed by atoms with Gasteiger partial charge in [-0.2, -0.15) is 13.2 Å². The van der Waals surface area contributed by atoms with Crippen LogP contribution >= 0.6 is 0 Å². The Labute approximate surface area is 223 Å². The average Bonchev–Trinajstić information content (AvgIpc) is 2.90. The van der Waals surface area contributed by atoms with Crippen LogP contribution in [0.2, 0.25) is 0 Å². The third-order valence-corrected chi connectivity index (χ3v) is 6.47. The first-order valence-corrected chi connectivity index (χ1v) is 12.8. The lowest BCUT2D eigenvalue weighted by atomic mass is 9.93. The van der Waals surface area contributed by atoms with Gasteiger partial charge in [-0.3, -0.25) is 14.7 Å². The Morgan fingerprint density at radius 2 is 1.39 bits per heavy atom. The topological polar surface area (TPSA) is 32.7 Å². The minimum Gasteiger partial charge on any atom is -0.295 e. The summed E-state index contributed by atoms with van der Waals surface area (Å²) < 4.78 is 37.8. The van der Waals surface area contributed by atoms with Crippen molar-refractivity contribution >= 4 is 11.5 Å². The first-order chi connectivity index (χ1) is 18.0. The van der Waals surface area contributed by atoms with E-state index in [4.69, 9.17) is 0 Å². The number of halogens is 3. The van der Waals surface area contributed by atoms with E-state index < -0.39 is 11.7 Å². The van der Waals surface area contributed by atoms with Gasteiger partial charge in [0.25, 0.3) is 0 Å². The molecular formula is C32H35F3N2O. The van der Waals surface area contributed by atoms with Crippen molar-refractivity contribution in [1.29, 1.82) is 0 Å². The minimum atomic E-state index is -4.32. The van der Waals surface area contributed by atoms with Crippen LogP contribution in [0.4, 0.5) is 13.2 Å². The zero-order valence-electron chi connectivity index (χ0n) is 22.4. The van der Waals surface area contributed by atoms with E-state index in [2.05, 4.69) is 77.5 Å². The van der Waals surface area contributed by atoms with Gasteiger partial charge in [0.1, 0.15) is 0 Å². The van der Waals surface area contributed by atoms with Crippen LogP contribution < -0.4 is 0 Å². The summed E-state index contributed by atoms with van der Waals surface area (Å²) in [5, 5.41) is 0. The number of hydrogen-bond acceptors (Lipinski definition) is 3.